The molecule has 0 aliphatic carbocycles. The highest BCUT2D eigenvalue weighted by Gasteiger charge is 2.10. The van der Waals surface area contributed by atoms with Crippen LogP contribution >= 0.6 is 11.8 Å². The SMILES string of the molecule is CCC[C@@H](C)NC(=O)CSc1nnc2ccccn12. The summed E-state index contributed by atoms with van der Waals surface area (Å²) in [5.41, 5.74) is 0.796. The molecule has 0 aliphatic heterocycles. The maximum Gasteiger partial charge on any atom is 0.230 e. The monoisotopic (exact) mass is 278 g/mol. The molecule has 2 heterocycles. The van der Waals surface area contributed by atoms with E-state index in [0.717, 1.165) is 23.6 Å². The van der Waals surface area contributed by atoms with Crippen molar-refractivity contribution in [3.8, 4) is 0 Å². The van der Waals surface area contributed by atoms with E-state index in [9.17, 15) is 4.79 Å². The molecule has 0 bridgehead atoms. The minimum absolute atomic E-state index is 0.0404. The topological polar surface area (TPSA) is 59.3 Å². The van der Waals surface area contributed by atoms with Crippen LogP contribution in [0.5, 0.6) is 0 Å². The van der Waals surface area contributed by atoms with Crippen LogP contribution in [0.15, 0.2) is 29.6 Å². The van der Waals surface area contributed by atoms with Gasteiger partial charge >= 0.3 is 0 Å². The molecule has 0 aromatic carbocycles. The zero-order chi connectivity index (χ0) is 13.7. The summed E-state index contributed by atoms with van der Waals surface area (Å²) in [5, 5.41) is 11.8. The van der Waals surface area contributed by atoms with Gasteiger partial charge in [-0.3, -0.25) is 9.20 Å². The van der Waals surface area contributed by atoms with Crippen molar-refractivity contribution in [3.05, 3.63) is 24.4 Å². The van der Waals surface area contributed by atoms with Crippen molar-refractivity contribution in [2.45, 2.75) is 37.9 Å². The van der Waals surface area contributed by atoms with Crippen LogP contribution in [-0.4, -0.2) is 32.3 Å². The van der Waals surface area contributed by atoms with Crippen LogP contribution in [0.2, 0.25) is 0 Å². The zero-order valence-electron chi connectivity index (χ0n) is 11.2. The highest BCUT2D eigenvalue weighted by Crippen LogP contribution is 2.16. The molecule has 0 aliphatic rings. The number of aromatic nitrogens is 3. The number of pyridine rings is 1. The molecule has 6 heteroatoms. The first-order chi connectivity index (χ1) is 9.20. The van der Waals surface area contributed by atoms with E-state index in [1.54, 1.807) is 0 Å². The predicted octanol–water partition coefficient (Wildman–Crippen LogP) is 2.13. The van der Waals surface area contributed by atoms with Crippen LogP contribution < -0.4 is 5.32 Å². The first kappa shape index (κ1) is 13.9. The normalized spacial score (nSPS) is 12.5. The third kappa shape index (κ3) is 3.70. The number of nitrogens with one attached hydrogen (secondary N) is 1. The average molecular weight is 278 g/mol. The number of hydrogen-bond acceptors (Lipinski definition) is 4. The van der Waals surface area contributed by atoms with Crippen LogP contribution in [0.3, 0.4) is 0 Å². The van der Waals surface area contributed by atoms with Gasteiger partial charge in [0.25, 0.3) is 0 Å². The van der Waals surface area contributed by atoms with E-state index in [1.807, 2.05) is 35.7 Å². The Morgan fingerprint density at radius 3 is 3.11 bits per heavy atom. The molecule has 2 aromatic rings. The molecule has 0 radical (unpaired) electrons. The Hall–Kier alpha value is -1.56. The second kappa shape index (κ2) is 6.56. The van der Waals surface area contributed by atoms with Gasteiger partial charge in [0.1, 0.15) is 0 Å². The number of hydrogen-bond donors (Lipinski definition) is 1. The van der Waals surface area contributed by atoms with Crippen molar-refractivity contribution in [1.82, 2.24) is 19.9 Å². The summed E-state index contributed by atoms with van der Waals surface area (Å²) in [5.74, 6) is 0.405. The van der Waals surface area contributed by atoms with Gasteiger partial charge < -0.3 is 5.32 Å². The fourth-order valence-electron chi connectivity index (χ4n) is 1.87. The molecule has 1 atom stereocenters. The Bertz CT molecular complexity index is 554. The molecule has 0 unspecified atom stereocenters. The molecule has 5 nitrogen and oxygen atoms in total. The van der Waals surface area contributed by atoms with E-state index in [0.29, 0.717) is 5.75 Å². The second-order valence-corrected chi connectivity index (χ2v) is 5.40. The average Bonchev–Trinajstić information content (AvgIpc) is 2.80. The molecule has 2 rings (SSSR count). The Labute approximate surface area is 116 Å². The van der Waals surface area contributed by atoms with Gasteiger partial charge in [0, 0.05) is 12.2 Å². The zero-order valence-corrected chi connectivity index (χ0v) is 12.0. The van der Waals surface area contributed by atoms with Gasteiger partial charge in [0.2, 0.25) is 5.91 Å². The van der Waals surface area contributed by atoms with Gasteiger partial charge in [-0.25, -0.2) is 0 Å². The quantitative estimate of drug-likeness (QED) is 0.822. The Balaban J connectivity index is 1.90. The second-order valence-electron chi connectivity index (χ2n) is 4.46. The van der Waals surface area contributed by atoms with E-state index < -0.39 is 0 Å². The van der Waals surface area contributed by atoms with Crippen molar-refractivity contribution in [2.75, 3.05) is 5.75 Å². The maximum atomic E-state index is 11.8. The fourth-order valence-corrected chi connectivity index (χ4v) is 2.61. The van der Waals surface area contributed by atoms with E-state index in [1.165, 1.54) is 11.8 Å². The van der Waals surface area contributed by atoms with Gasteiger partial charge in [-0.15, -0.1) is 10.2 Å². The highest BCUT2D eigenvalue weighted by molar-refractivity contribution is 7.99. The third-order valence-electron chi connectivity index (χ3n) is 2.74. The summed E-state index contributed by atoms with van der Waals surface area (Å²) in [6.45, 7) is 4.14. The molecule has 0 fully saturated rings. The summed E-state index contributed by atoms with van der Waals surface area (Å²) < 4.78 is 1.88. The van der Waals surface area contributed by atoms with Crippen molar-refractivity contribution in [1.29, 1.82) is 0 Å². The Morgan fingerprint density at radius 1 is 1.47 bits per heavy atom. The Kier molecular flexibility index (Phi) is 4.79. The first-order valence-electron chi connectivity index (χ1n) is 6.42. The van der Waals surface area contributed by atoms with Crippen molar-refractivity contribution >= 4 is 23.3 Å². The van der Waals surface area contributed by atoms with Crippen molar-refractivity contribution in [3.63, 3.8) is 0 Å². The summed E-state index contributed by atoms with van der Waals surface area (Å²) in [6.07, 6.45) is 3.98. The number of carbonyl (C=O) groups excluding carboxylic acids is 1. The van der Waals surface area contributed by atoms with Crippen LogP contribution in [0.1, 0.15) is 26.7 Å². The van der Waals surface area contributed by atoms with Gasteiger partial charge in [-0.05, 0) is 25.5 Å². The number of fused-ring (bicyclic) bond motifs is 1. The smallest absolute Gasteiger partial charge is 0.230 e. The first-order valence-corrected chi connectivity index (χ1v) is 7.41. The minimum atomic E-state index is 0.0404. The van der Waals surface area contributed by atoms with Gasteiger partial charge in [0.15, 0.2) is 10.8 Å². The molecule has 1 N–H and O–H groups in total. The molecule has 0 spiro atoms. The van der Waals surface area contributed by atoms with Crippen molar-refractivity contribution < 1.29 is 4.79 Å². The largest absolute Gasteiger partial charge is 0.353 e. The third-order valence-corrected chi connectivity index (χ3v) is 3.69. The number of carbonyl (C=O) groups is 1. The lowest BCUT2D eigenvalue weighted by Gasteiger charge is -2.11. The van der Waals surface area contributed by atoms with Crippen LogP contribution in [0.4, 0.5) is 0 Å². The number of rotatable bonds is 6. The van der Waals surface area contributed by atoms with E-state index in [2.05, 4.69) is 22.4 Å². The van der Waals surface area contributed by atoms with Gasteiger partial charge in [-0.2, -0.15) is 0 Å². The van der Waals surface area contributed by atoms with Crippen LogP contribution in [0, 0.1) is 0 Å². The molecule has 102 valence electrons. The number of amides is 1. The summed E-state index contributed by atoms with van der Waals surface area (Å²) in [4.78, 5) is 11.8. The molecule has 0 saturated carbocycles. The molecule has 2 aromatic heterocycles. The number of thioether (sulfide) groups is 1. The van der Waals surface area contributed by atoms with Gasteiger partial charge in [0.05, 0.1) is 5.75 Å². The molecule has 1 amide bonds. The summed E-state index contributed by atoms with van der Waals surface area (Å²) >= 11 is 1.40. The molecular weight excluding hydrogens is 260 g/mol. The molecular formula is C13H18N4OS. The van der Waals surface area contributed by atoms with E-state index >= 15 is 0 Å². The lowest BCUT2D eigenvalue weighted by atomic mass is 10.2. The van der Waals surface area contributed by atoms with Crippen molar-refractivity contribution in [2.24, 2.45) is 0 Å². The lowest BCUT2D eigenvalue weighted by Crippen LogP contribution is -2.33. The number of nitrogens with zero attached hydrogens (tertiary/aromatic N) is 3. The highest BCUT2D eigenvalue weighted by atomic mass is 32.2. The maximum absolute atomic E-state index is 11.8. The van der Waals surface area contributed by atoms with Crippen LogP contribution in [-0.2, 0) is 4.79 Å². The molecule has 0 saturated heterocycles. The Morgan fingerprint density at radius 2 is 2.32 bits per heavy atom. The predicted molar refractivity (Wildman–Crippen MR) is 76.2 cm³/mol. The fraction of sp³-hybridized carbons (Fsp3) is 0.462. The summed E-state index contributed by atoms with van der Waals surface area (Å²) in [7, 11) is 0. The minimum Gasteiger partial charge on any atom is -0.353 e. The van der Waals surface area contributed by atoms with Gasteiger partial charge in [-0.1, -0.05) is 31.2 Å². The lowest BCUT2D eigenvalue weighted by molar-refractivity contribution is -0.119. The van der Waals surface area contributed by atoms with Crippen LogP contribution in [0.25, 0.3) is 5.65 Å². The molecule has 19 heavy (non-hydrogen) atoms. The summed E-state index contributed by atoms with van der Waals surface area (Å²) in [6, 6.07) is 5.95. The standard InChI is InChI=1S/C13H18N4OS/c1-3-6-10(2)14-12(18)9-19-13-16-15-11-7-4-5-8-17(11)13/h4-5,7-8,10H,3,6,9H2,1-2H3,(H,14,18)/t10-/m1/s1. The van der Waals surface area contributed by atoms with E-state index in [4.69, 9.17) is 0 Å². The van der Waals surface area contributed by atoms with E-state index in [-0.39, 0.29) is 11.9 Å².